The first kappa shape index (κ1) is 14.2. The van der Waals surface area contributed by atoms with E-state index in [-0.39, 0.29) is 18.2 Å². The van der Waals surface area contributed by atoms with Crippen molar-refractivity contribution in [2.45, 2.75) is 70.5 Å². The maximum atomic E-state index is 11.0. The minimum Gasteiger partial charge on any atom is -0.463 e. The minimum absolute atomic E-state index is 0.0497. The van der Waals surface area contributed by atoms with Crippen molar-refractivity contribution in [1.29, 1.82) is 0 Å². The Balaban J connectivity index is 2.42. The summed E-state index contributed by atoms with van der Waals surface area (Å²) >= 11 is 0. The highest BCUT2D eigenvalue weighted by atomic mass is 16.5. The molecule has 3 heteroatoms. The molecule has 98 valence electrons. The molecule has 1 aliphatic rings. The van der Waals surface area contributed by atoms with Crippen LogP contribution >= 0.6 is 0 Å². The largest absolute Gasteiger partial charge is 0.463 e. The van der Waals surface area contributed by atoms with Crippen LogP contribution in [0, 0.1) is 0 Å². The predicted molar refractivity (Wildman–Crippen MR) is 67.6 cm³/mol. The van der Waals surface area contributed by atoms with Crippen molar-refractivity contribution in [2.24, 2.45) is 0 Å². The van der Waals surface area contributed by atoms with Gasteiger partial charge in [-0.15, -0.1) is 0 Å². The standard InChI is InChI=1S/C14H24O3/c1-12(15)17-14-10-5-3-2-4-8-13(16)9-6-7-11-14/h6,9,13-14,16H,2-5,7-8,10-11H2,1H3/b9-6-. The molecule has 0 radical (unpaired) electrons. The molecule has 0 heterocycles. The number of ether oxygens (including phenoxy) is 1. The van der Waals surface area contributed by atoms with Gasteiger partial charge in [0.1, 0.15) is 6.10 Å². The number of aliphatic hydroxyl groups excluding tert-OH is 1. The fourth-order valence-electron chi connectivity index (χ4n) is 2.21. The summed E-state index contributed by atoms with van der Waals surface area (Å²) < 4.78 is 5.29. The number of hydrogen-bond donors (Lipinski definition) is 1. The minimum atomic E-state index is -0.304. The first-order valence-electron chi connectivity index (χ1n) is 6.70. The first-order chi connectivity index (χ1) is 8.18. The lowest BCUT2D eigenvalue weighted by Gasteiger charge is -2.17. The Bertz CT molecular complexity index is 248. The second kappa shape index (κ2) is 8.29. The van der Waals surface area contributed by atoms with Crippen LogP contribution in [0.25, 0.3) is 0 Å². The van der Waals surface area contributed by atoms with Gasteiger partial charge in [-0.1, -0.05) is 31.4 Å². The maximum Gasteiger partial charge on any atom is 0.302 e. The molecule has 1 rings (SSSR count). The SMILES string of the molecule is CC(=O)OC1CC/C=C\C(O)CCCCCC1. The van der Waals surface area contributed by atoms with E-state index >= 15 is 0 Å². The molecule has 1 N–H and O–H groups in total. The molecular formula is C14H24O3. The monoisotopic (exact) mass is 240 g/mol. The maximum absolute atomic E-state index is 11.0. The van der Waals surface area contributed by atoms with E-state index in [4.69, 9.17) is 4.74 Å². The molecular weight excluding hydrogens is 216 g/mol. The Morgan fingerprint density at radius 3 is 2.59 bits per heavy atom. The molecule has 0 aromatic carbocycles. The summed E-state index contributed by atoms with van der Waals surface area (Å²) in [5, 5.41) is 9.63. The van der Waals surface area contributed by atoms with Crippen LogP contribution in [0.4, 0.5) is 0 Å². The average Bonchev–Trinajstić information content (AvgIpc) is 2.25. The van der Waals surface area contributed by atoms with Gasteiger partial charge < -0.3 is 9.84 Å². The van der Waals surface area contributed by atoms with Gasteiger partial charge in [0, 0.05) is 6.92 Å². The first-order valence-corrected chi connectivity index (χ1v) is 6.70. The highest BCUT2D eigenvalue weighted by Crippen LogP contribution is 2.16. The second-order valence-electron chi connectivity index (χ2n) is 4.80. The number of esters is 1. The van der Waals surface area contributed by atoms with Crippen molar-refractivity contribution < 1.29 is 14.6 Å². The molecule has 0 bridgehead atoms. The van der Waals surface area contributed by atoms with Crippen LogP contribution in [0.2, 0.25) is 0 Å². The van der Waals surface area contributed by atoms with Crippen molar-refractivity contribution in [2.75, 3.05) is 0 Å². The van der Waals surface area contributed by atoms with Gasteiger partial charge in [0.05, 0.1) is 6.10 Å². The molecule has 3 nitrogen and oxygen atoms in total. The van der Waals surface area contributed by atoms with Gasteiger partial charge in [-0.3, -0.25) is 4.79 Å². The number of allylic oxidation sites excluding steroid dienone is 1. The van der Waals surface area contributed by atoms with Crippen LogP contribution in [-0.4, -0.2) is 23.3 Å². The van der Waals surface area contributed by atoms with Crippen LogP contribution < -0.4 is 0 Å². The number of aliphatic hydroxyl groups is 1. The van der Waals surface area contributed by atoms with E-state index in [9.17, 15) is 9.90 Å². The molecule has 0 spiro atoms. The van der Waals surface area contributed by atoms with Crippen LogP contribution in [0.1, 0.15) is 58.3 Å². The molecule has 1 aliphatic carbocycles. The van der Waals surface area contributed by atoms with Crippen molar-refractivity contribution in [3.05, 3.63) is 12.2 Å². The van der Waals surface area contributed by atoms with E-state index in [1.807, 2.05) is 12.2 Å². The lowest BCUT2D eigenvalue weighted by molar-refractivity contribution is -0.147. The highest BCUT2D eigenvalue weighted by Gasteiger charge is 2.11. The van der Waals surface area contributed by atoms with Crippen molar-refractivity contribution in [1.82, 2.24) is 0 Å². The lowest BCUT2D eigenvalue weighted by atomic mass is 10.0. The van der Waals surface area contributed by atoms with E-state index in [0.29, 0.717) is 0 Å². The number of carbonyl (C=O) groups is 1. The van der Waals surface area contributed by atoms with Gasteiger partial charge in [0.2, 0.25) is 0 Å². The van der Waals surface area contributed by atoms with Gasteiger partial charge in [0.25, 0.3) is 0 Å². The Labute approximate surface area is 104 Å². The fourth-order valence-corrected chi connectivity index (χ4v) is 2.21. The van der Waals surface area contributed by atoms with Crippen molar-refractivity contribution in [3.8, 4) is 0 Å². The molecule has 2 unspecified atom stereocenters. The third-order valence-corrected chi connectivity index (χ3v) is 3.12. The second-order valence-corrected chi connectivity index (χ2v) is 4.80. The summed E-state index contributed by atoms with van der Waals surface area (Å²) in [5.41, 5.74) is 0. The zero-order valence-electron chi connectivity index (χ0n) is 10.7. The molecule has 17 heavy (non-hydrogen) atoms. The summed E-state index contributed by atoms with van der Waals surface area (Å²) in [4.78, 5) is 11.0. The molecule has 0 amide bonds. The van der Waals surface area contributed by atoms with Gasteiger partial charge >= 0.3 is 5.97 Å². The molecule has 0 aromatic heterocycles. The zero-order chi connectivity index (χ0) is 12.5. The zero-order valence-corrected chi connectivity index (χ0v) is 10.7. The smallest absolute Gasteiger partial charge is 0.302 e. The summed E-state index contributed by atoms with van der Waals surface area (Å²) in [5.74, 6) is -0.189. The molecule has 0 saturated carbocycles. The summed E-state index contributed by atoms with van der Waals surface area (Å²) in [6.07, 6.45) is 11.7. The molecule has 0 aromatic rings. The topological polar surface area (TPSA) is 46.5 Å². The van der Waals surface area contributed by atoms with Gasteiger partial charge in [-0.25, -0.2) is 0 Å². The van der Waals surface area contributed by atoms with Crippen molar-refractivity contribution in [3.63, 3.8) is 0 Å². The normalized spacial score (nSPS) is 29.8. The molecule has 0 saturated heterocycles. The molecule has 0 fully saturated rings. The summed E-state index contributed by atoms with van der Waals surface area (Å²) in [6.45, 7) is 1.47. The van der Waals surface area contributed by atoms with Gasteiger partial charge in [0.15, 0.2) is 0 Å². The average molecular weight is 240 g/mol. The fraction of sp³-hybridized carbons (Fsp3) is 0.786. The third-order valence-electron chi connectivity index (χ3n) is 3.12. The molecule has 0 aliphatic heterocycles. The van der Waals surface area contributed by atoms with E-state index in [0.717, 1.165) is 51.4 Å². The lowest BCUT2D eigenvalue weighted by Crippen LogP contribution is -2.16. The van der Waals surface area contributed by atoms with E-state index in [1.54, 1.807) is 0 Å². The van der Waals surface area contributed by atoms with E-state index in [1.165, 1.54) is 6.92 Å². The van der Waals surface area contributed by atoms with Crippen LogP contribution in [-0.2, 0) is 9.53 Å². The highest BCUT2D eigenvalue weighted by molar-refractivity contribution is 5.66. The Hall–Kier alpha value is -0.830. The van der Waals surface area contributed by atoms with E-state index in [2.05, 4.69) is 0 Å². The third kappa shape index (κ3) is 7.16. The quantitative estimate of drug-likeness (QED) is 0.566. The van der Waals surface area contributed by atoms with E-state index < -0.39 is 0 Å². The number of rotatable bonds is 1. The Morgan fingerprint density at radius 1 is 1.18 bits per heavy atom. The van der Waals surface area contributed by atoms with Crippen LogP contribution in [0.15, 0.2) is 12.2 Å². The predicted octanol–water partition coefficient (Wildman–Crippen LogP) is 2.97. The van der Waals surface area contributed by atoms with Gasteiger partial charge in [-0.2, -0.15) is 0 Å². The summed E-state index contributed by atoms with van der Waals surface area (Å²) in [7, 11) is 0. The van der Waals surface area contributed by atoms with Crippen LogP contribution in [0.3, 0.4) is 0 Å². The van der Waals surface area contributed by atoms with Crippen LogP contribution in [0.5, 0.6) is 0 Å². The number of hydrogen-bond acceptors (Lipinski definition) is 3. The number of carbonyl (C=O) groups excluding carboxylic acids is 1. The van der Waals surface area contributed by atoms with Gasteiger partial charge in [-0.05, 0) is 32.1 Å². The van der Waals surface area contributed by atoms with Crippen molar-refractivity contribution >= 4 is 5.97 Å². The Kier molecular flexibility index (Phi) is 6.94. The summed E-state index contributed by atoms with van der Waals surface area (Å²) in [6, 6.07) is 0. The Morgan fingerprint density at radius 2 is 1.88 bits per heavy atom. The molecule has 2 atom stereocenters.